The summed E-state index contributed by atoms with van der Waals surface area (Å²) in [4.78, 5) is 2.44. The Morgan fingerprint density at radius 3 is 2.75 bits per heavy atom. The van der Waals surface area contributed by atoms with Gasteiger partial charge in [-0.15, -0.1) is 0 Å². The molecule has 1 N–H and O–H groups in total. The summed E-state index contributed by atoms with van der Waals surface area (Å²) in [6, 6.07) is 6.79. The molecule has 112 valence electrons. The molecule has 3 atom stereocenters. The zero-order valence-corrected chi connectivity index (χ0v) is 13.1. The van der Waals surface area contributed by atoms with Gasteiger partial charge in [-0.25, -0.2) is 0 Å². The maximum atomic E-state index is 10.8. The number of ether oxygens (including phenoxy) is 1. The van der Waals surface area contributed by atoms with Crippen molar-refractivity contribution in [1.82, 2.24) is 4.90 Å². The molecule has 0 radical (unpaired) electrons. The standard InChI is InChI=1S/C17H27NO2/c1-5-12(3)18(6-2)16-10-8-13-7-9-14(20-4)11-15(13)17(16)19/h7,9,11-12,16-17,19H,5-6,8,10H2,1-4H3. The Bertz CT molecular complexity index is 447. The van der Waals surface area contributed by atoms with Gasteiger partial charge in [0.1, 0.15) is 5.75 Å². The largest absolute Gasteiger partial charge is 0.497 e. The molecule has 2 rings (SSSR count). The van der Waals surface area contributed by atoms with Crippen molar-refractivity contribution in [3.8, 4) is 5.75 Å². The maximum Gasteiger partial charge on any atom is 0.119 e. The molecule has 3 nitrogen and oxygen atoms in total. The third-order valence-corrected chi connectivity index (χ3v) is 4.69. The molecular weight excluding hydrogens is 250 g/mol. The molecule has 0 heterocycles. The Balaban J connectivity index is 2.27. The Kier molecular flexibility index (Phi) is 5.06. The highest BCUT2D eigenvalue weighted by molar-refractivity contribution is 5.39. The van der Waals surface area contributed by atoms with Gasteiger partial charge in [0.05, 0.1) is 13.2 Å². The first-order chi connectivity index (χ1) is 9.62. The van der Waals surface area contributed by atoms with E-state index in [4.69, 9.17) is 4.74 Å². The fourth-order valence-corrected chi connectivity index (χ4v) is 3.33. The molecule has 20 heavy (non-hydrogen) atoms. The molecule has 3 unspecified atom stereocenters. The second-order valence-corrected chi connectivity index (χ2v) is 5.70. The highest BCUT2D eigenvalue weighted by Gasteiger charge is 2.33. The van der Waals surface area contributed by atoms with Crippen molar-refractivity contribution in [2.24, 2.45) is 0 Å². The minimum atomic E-state index is -0.414. The van der Waals surface area contributed by atoms with E-state index in [0.717, 1.165) is 37.1 Å². The van der Waals surface area contributed by atoms with Crippen LogP contribution >= 0.6 is 0 Å². The van der Waals surface area contributed by atoms with Gasteiger partial charge in [-0.3, -0.25) is 4.90 Å². The second-order valence-electron chi connectivity index (χ2n) is 5.70. The highest BCUT2D eigenvalue weighted by atomic mass is 16.5. The van der Waals surface area contributed by atoms with Gasteiger partial charge >= 0.3 is 0 Å². The monoisotopic (exact) mass is 277 g/mol. The van der Waals surface area contributed by atoms with Crippen molar-refractivity contribution in [2.45, 2.75) is 58.2 Å². The fourth-order valence-electron chi connectivity index (χ4n) is 3.33. The number of methoxy groups -OCH3 is 1. The van der Waals surface area contributed by atoms with Crippen LogP contribution in [0.4, 0.5) is 0 Å². The molecular formula is C17H27NO2. The predicted octanol–water partition coefficient (Wildman–Crippen LogP) is 3.16. The summed E-state index contributed by atoms with van der Waals surface area (Å²) < 4.78 is 5.29. The molecule has 1 aliphatic rings. The Morgan fingerprint density at radius 1 is 1.40 bits per heavy atom. The van der Waals surface area contributed by atoms with E-state index in [-0.39, 0.29) is 6.04 Å². The van der Waals surface area contributed by atoms with Crippen molar-refractivity contribution in [3.05, 3.63) is 29.3 Å². The Morgan fingerprint density at radius 2 is 2.15 bits per heavy atom. The SMILES string of the molecule is CCC(C)N(CC)C1CCc2ccc(OC)cc2C1O. The number of likely N-dealkylation sites (N-methyl/N-ethyl adjacent to an activating group) is 1. The van der Waals surface area contributed by atoms with Gasteiger partial charge < -0.3 is 9.84 Å². The third kappa shape index (κ3) is 2.84. The average molecular weight is 277 g/mol. The van der Waals surface area contributed by atoms with E-state index >= 15 is 0 Å². The summed E-state index contributed by atoms with van der Waals surface area (Å²) in [7, 11) is 1.67. The van der Waals surface area contributed by atoms with Gasteiger partial charge in [0, 0.05) is 12.1 Å². The van der Waals surface area contributed by atoms with Crippen LogP contribution < -0.4 is 4.74 Å². The van der Waals surface area contributed by atoms with E-state index in [1.165, 1.54) is 5.56 Å². The van der Waals surface area contributed by atoms with E-state index in [0.29, 0.717) is 6.04 Å². The molecule has 3 heteroatoms. The molecule has 0 fully saturated rings. The lowest BCUT2D eigenvalue weighted by Crippen LogP contribution is -2.46. The summed E-state index contributed by atoms with van der Waals surface area (Å²) in [5, 5.41) is 10.8. The second kappa shape index (κ2) is 6.59. The van der Waals surface area contributed by atoms with Crippen molar-refractivity contribution < 1.29 is 9.84 Å². The molecule has 1 aromatic rings. The molecule has 0 saturated heterocycles. The van der Waals surface area contributed by atoms with E-state index in [1.807, 2.05) is 12.1 Å². The van der Waals surface area contributed by atoms with Crippen LogP contribution in [0.2, 0.25) is 0 Å². The fraction of sp³-hybridized carbons (Fsp3) is 0.647. The summed E-state index contributed by atoms with van der Waals surface area (Å²) >= 11 is 0. The van der Waals surface area contributed by atoms with Crippen molar-refractivity contribution in [2.75, 3.05) is 13.7 Å². The highest BCUT2D eigenvalue weighted by Crippen LogP contribution is 2.35. The van der Waals surface area contributed by atoms with Crippen LogP contribution in [0.5, 0.6) is 5.75 Å². The molecule has 1 aromatic carbocycles. The van der Waals surface area contributed by atoms with E-state index < -0.39 is 6.10 Å². The number of hydrogen-bond acceptors (Lipinski definition) is 3. The lowest BCUT2D eigenvalue weighted by Gasteiger charge is -2.41. The van der Waals surface area contributed by atoms with Gasteiger partial charge in [-0.1, -0.05) is 19.9 Å². The number of hydrogen-bond donors (Lipinski definition) is 1. The van der Waals surface area contributed by atoms with Crippen LogP contribution in [0, 0.1) is 0 Å². The van der Waals surface area contributed by atoms with Crippen LogP contribution in [0.1, 0.15) is 50.8 Å². The molecule has 0 bridgehead atoms. The number of fused-ring (bicyclic) bond motifs is 1. The lowest BCUT2D eigenvalue weighted by atomic mass is 9.84. The lowest BCUT2D eigenvalue weighted by molar-refractivity contribution is 0.0175. The first-order valence-electron chi connectivity index (χ1n) is 7.72. The minimum absolute atomic E-state index is 0.217. The van der Waals surface area contributed by atoms with Crippen LogP contribution in [0.15, 0.2) is 18.2 Å². The number of aryl methyl sites for hydroxylation is 1. The first-order valence-corrected chi connectivity index (χ1v) is 7.72. The number of nitrogens with zero attached hydrogens (tertiary/aromatic N) is 1. The van der Waals surface area contributed by atoms with E-state index in [2.05, 4.69) is 31.7 Å². The van der Waals surface area contributed by atoms with Crippen molar-refractivity contribution in [3.63, 3.8) is 0 Å². The third-order valence-electron chi connectivity index (χ3n) is 4.69. The number of benzene rings is 1. The Hall–Kier alpha value is -1.06. The zero-order chi connectivity index (χ0) is 14.7. The molecule has 0 saturated carbocycles. The summed E-state index contributed by atoms with van der Waals surface area (Å²) in [6.45, 7) is 7.62. The predicted molar refractivity (Wildman–Crippen MR) is 82.2 cm³/mol. The van der Waals surface area contributed by atoms with Gasteiger partial charge in [-0.2, -0.15) is 0 Å². The van der Waals surface area contributed by atoms with Crippen LogP contribution in [-0.2, 0) is 6.42 Å². The molecule has 1 aliphatic carbocycles. The minimum Gasteiger partial charge on any atom is -0.497 e. The van der Waals surface area contributed by atoms with Crippen molar-refractivity contribution in [1.29, 1.82) is 0 Å². The first kappa shape index (κ1) is 15.3. The maximum absolute atomic E-state index is 10.8. The molecule has 0 spiro atoms. The smallest absolute Gasteiger partial charge is 0.119 e. The average Bonchev–Trinajstić information content (AvgIpc) is 2.49. The van der Waals surface area contributed by atoms with Gasteiger partial charge in [0.15, 0.2) is 0 Å². The number of aliphatic hydroxyl groups excluding tert-OH is 1. The topological polar surface area (TPSA) is 32.7 Å². The van der Waals surface area contributed by atoms with Crippen molar-refractivity contribution >= 4 is 0 Å². The van der Waals surface area contributed by atoms with Gasteiger partial charge in [0.25, 0.3) is 0 Å². The Labute approximate surface area is 122 Å². The number of rotatable bonds is 5. The summed E-state index contributed by atoms with van der Waals surface area (Å²) in [5.41, 5.74) is 2.30. The van der Waals surface area contributed by atoms with Gasteiger partial charge in [-0.05, 0) is 56.0 Å². The van der Waals surface area contributed by atoms with Crippen LogP contribution in [-0.4, -0.2) is 35.7 Å². The molecule has 0 aliphatic heterocycles. The summed E-state index contributed by atoms with van der Waals surface area (Å²) in [5.74, 6) is 0.829. The van der Waals surface area contributed by atoms with E-state index in [1.54, 1.807) is 7.11 Å². The molecule has 0 aromatic heterocycles. The van der Waals surface area contributed by atoms with Gasteiger partial charge in [0.2, 0.25) is 0 Å². The molecule has 0 amide bonds. The van der Waals surface area contributed by atoms with Crippen LogP contribution in [0.25, 0.3) is 0 Å². The van der Waals surface area contributed by atoms with E-state index in [9.17, 15) is 5.11 Å². The van der Waals surface area contributed by atoms with Crippen LogP contribution in [0.3, 0.4) is 0 Å². The zero-order valence-electron chi connectivity index (χ0n) is 13.1. The quantitative estimate of drug-likeness (QED) is 0.897. The summed E-state index contributed by atoms with van der Waals surface area (Å²) in [6.07, 6.45) is 2.76. The normalized spacial score (nSPS) is 23.5. The number of aliphatic hydroxyl groups is 1.